The maximum absolute atomic E-state index is 6.53. The highest BCUT2D eigenvalue weighted by atomic mass is 28.3. The SMILES string of the molecule is c1ccc(CC(O[SiH2]C[SiH2]OC(Cc2ccccc2)c2ccccc2)c2ccccc2)cc1. The molecule has 0 radical (unpaired) electrons. The van der Waals surface area contributed by atoms with Gasteiger partial charge in [-0.05, 0) is 27.9 Å². The van der Waals surface area contributed by atoms with Gasteiger partial charge in [-0.25, -0.2) is 0 Å². The summed E-state index contributed by atoms with van der Waals surface area (Å²) in [4.78, 5) is 0. The third-order valence-electron chi connectivity index (χ3n) is 5.80. The Balaban J connectivity index is 1.32. The Morgan fingerprint density at radius 2 is 0.788 bits per heavy atom. The standard InChI is InChI=1S/C29H32O2Si2/c1-5-13-24(14-6-1)21-28(26-17-9-3-10-18-26)30-32-23-33-31-29(27-19-11-4-12-20-27)22-25-15-7-2-8-16-25/h1-20,28-29H,21-23,32-33H2. The van der Waals surface area contributed by atoms with Crippen molar-refractivity contribution in [3.05, 3.63) is 144 Å². The van der Waals surface area contributed by atoms with Crippen LogP contribution < -0.4 is 0 Å². The highest BCUT2D eigenvalue weighted by Crippen LogP contribution is 2.24. The molecular formula is C29H32O2Si2. The van der Waals surface area contributed by atoms with E-state index in [-0.39, 0.29) is 12.2 Å². The molecular weight excluding hydrogens is 436 g/mol. The first-order valence-corrected chi connectivity index (χ1v) is 14.9. The van der Waals surface area contributed by atoms with E-state index in [1.165, 1.54) is 22.3 Å². The molecule has 168 valence electrons. The normalized spacial score (nSPS) is 13.6. The minimum Gasteiger partial charge on any atom is -0.417 e. The minimum atomic E-state index is -0.652. The maximum Gasteiger partial charge on any atom is 0.161 e. The third kappa shape index (κ3) is 7.65. The Kier molecular flexibility index (Phi) is 9.26. The second-order valence-corrected chi connectivity index (χ2v) is 12.6. The fourth-order valence-corrected chi connectivity index (χ4v) is 7.04. The summed E-state index contributed by atoms with van der Waals surface area (Å²) in [6.45, 7) is 0. The molecule has 4 aromatic carbocycles. The van der Waals surface area contributed by atoms with Crippen LogP contribution in [-0.2, 0) is 21.7 Å². The summed E-state index contributed by atoms with van der Waals surface area (Å²) < 4.78 is 13.1. The fourth-order valence-electron chi connectivity index (χ4n) is 4.05. The van der Waals surface area contributed by atoms with Gasteiger partial charge in [0, 0.05) is 12.8 Å². The molecule has 0 saturated heterocycles. The van der Waals surface area contributed by atoms with E-state index in [9.17, 15) is 0 Å². The number of benzene rings is 4. The summed E-state index contributed by atoms with van der Waals surface area (Å²) in [5.41, 5.74) is 6.31. The van der Waals surface area contributed by atoms with Crippen LogP contribution in [0.2, 0.25) is 5.67 Å². The largest absolute Gasteiger partial charge is 0.417 e. The summed E-state index contributed by atoms with van der Waals surface area (Å²) in [6, 6.07) is 42.6. The van der Waals surface area contributed by atoms with Crippen LogP contribution in [0.4, 0.5) is 0 Å². The average Bonchev–Trinajstić information content (AvgIpc) is 2.89. The predicted octanol–water partition coefficient (Wildman–Crippen LogP) is 5.53. The van der Waals surface area contributed by atoms with Gasteiger partial charge in [-0.2, -0.15) is 0 Å². The minimum absolute atomic E-state index is 0.128. The van der Waals surface area contributed by atoms with Crippen molar-refractivity contribution in [1.29, 1.82) is 0 Å². The lowest BCUT2D eigenvalue weighted by Crippen LogP contribution is -2.16. The van der Waals surface area contributed by atoms with Gasteiger partial charge in [0.25, 0.3) is 0 Å². The molecule has 0 saturated carbocycles. The summed E-state index contributed by atoms with van der Waals surface area (Å²) in [6.07, 6.45) is 2.09. The van der Waals surface area contributed by atoms with Crippen molar-refractivity contribution in [2.24, 2.45) is 0 Å². The van der Waals surface area contributed by atoms with Crippen LogP contribution in [0.25, 0.3) is 0 Å². The van der Waals surface area contributed by atoms with E-state index < -0.39 is 19.5 Å². The maximum atomic E-state index is 6.53. The zero-order chi connectivity index (χ0) is 22.6. The van der Waals surface area contributed by atoms with E-state index in [4.69, 9.17) is 8.85 Å². The van der Waals surface area contributed by atoms with E-state index in [0.717, 1.165) is 18.5 Å². The lowest BCUT2D eigenvalue weighted by atomic mass is 10.0. The molecule has 0 bridgehead atoms. The molecule has 0 N–H and O–H groups in total. The van der Waals surface area contributed by atoms with Crippen LogP contribution in [-0.4, -0.2) is 19.5 Å². The fraction of sp³-hybridized carbons (Fsp3) is 0.172. The second-order valence-electron chi connectivity index (χ2n) is 8.27. The van der Waals surface area contributed by atoms with Crippen molar-refractivity contribution in [2.45, 2.75) is 30.7 Å². The van der Waals surface area contributed by atoms with Gasteiger partial charge >= 0.3 is 0 Å². The zero-order valence-corrected chi connectivity index (χ0v) is 21.9. The van der Waals surface area contributed by atoms with Crippen LogP contribution in [0, 0.1) is 0 Å². The van der Waals surface area contributed by atoms with Crippen molar-refractivity contribution >= 4 is 19.5 Å². The summed E-state index contributed by atoms with van der Waals surface area (Å²) in [5, 5.41) is 0. The van der Waals surface area contributed by atoms with Gasteiger partial charge in [0.15, 0.2) is 19.5 Å². The molecule has 0 amide bonds. The highest BCUT2D eigenvalue weighted by Gasteiger charge is 2.15. The number of hydrogen-bond donors (Lipinski definition) is 0. The summed E-state index contributed by atoms with van der Waals surface area (Å²) in [7, 11) is -1.30. The zero-order valence-electron chi connectivity index (χ0n) is 19.1. The van der Waals surface area contributed by atoms with Crippen molar-refractivity contribution < 1.29 is 8.85 Å². The molecule has 2 unspecified atom stereocenters. The number of rotatable bonds is 12. The molecule has 4 rings (SSSR count). The number of hydrogen-bond acceptors (Lipinski definition) is 2. The van der Waals surface area contributed by atoms with Crippen molar-refractivity contribution in [2.75, 3.05) is 0 Å². The molecule has 2 nitrogen and oxygen atoms in total. The molecule has 4 heteroatoms. The molecule has 0 heterocycles. The Morgan fingerprint density at radius 3 is 1.15 bits per heavy atom. The lowest BCUT2D eigenvalue weighted by molar-refractivity contribution is 0.210. The lowest BCUT2D eigenvalue weighted by Gasteiger charge is -2.21. The van der Waals surface area contributed by atoms with Crippen molar-refractivity contribution in [3.8, 4) is 0 Å². The van der Waals surface area contributed by atoms with Gasteiger partial charge in [0.2, 0.25) is 0 Å². The van der Waals surface area contributed by atoms with Crippen molar-refractivity contribution in [1.82, 2.24) is 0 Å². The first kappa shape index (κ1) is 23.4. The van der Waals surface area contributed by atoms with Gasteiger partial charge in [-0.1, -0.05) is 121 Å². The predicted molar refractivity (Wildman–Crippen MR) is 143 cm³/mol. The van der Waals surface area contributed by atoms with Gasteiger partial charge in [0.05, 0.1) is 12.2 Å². The molecule has 0 aliphatic carbocycles. The van der Waals surface area contributed by atoms with Gasteiger partial charge in [0.1, 0.15) is 0 Å². The molecule has 0 aliphatic rings. The molecule has 0 aromatic heterocycles. The first-order chi connectivity index (χ1) is 16.4. The monoisotopic (exact) mass is 468 g/mol. The van der Waals surface area contributed by atoms with E-state index in [1.807, 2.05) is 0 Å². The van der Waals surface area contributed by atoms with E-state index in [0.29, 0.717) is 0 Å². The van der Waals surface area contributed by atoms with Crippen molar-refractivity contribution in [3.63, 3.8) is 0 Å². The molecule has 4 aromatic rings. The molecule has 0 fully saturated rings. The third-order valence-corrected chi connectivity index (χ3v) is 9.38. The Hall–Kier alpha value is -2.77. The van der Waals surface area contributed by atoms with Crippen LogP contribution in [0.15, 0.2) is 121 Å². The highest BCUT2D eigenvalue weighted by molar-refractivity contribution is 6.48. The molecule has 33 heavy (non-hydrogen) atoms. The first-order valence-electron chi connectivity index (χ1n) is 11.8. The second kappa shape index (κ2) is 13.1. The van der Waals surface area contributed by atoms with Crippen LogP contribution in [0.3, 0.4) is 0 Å². The smallest absolute Gasteiger partial charge is 0.161 e. The van der Waals surface area contributed by atoms with Crippen LogP contribution >= 0.6 is 0 Å². The Morgan fingerprint density at radius 1 is 0.455 bits per heavy atom. The molecule has 2 atom stereocenters. The average molecular weight is 469 g/mol. The van der Waals surface area contributed by atoms with E-state index >= 15 is 0 Å². The summed E-state index contributed by atoms with van der Waals surface area (Å²) >= 11 is 0. The van der Waals surface area contributed by atoms with Crippen LogP contribution in [0.5, 0.6) is 0 Å². The Labute approximate surface area is 202 Å². The molecule has 0 aliphatic heterocycles. The topological polar surface area (TPSA) is 18.5 Å². The summed E-state index contributed by atoms with van der Waals surface area (Å²) in [5.74, 6) is 0. The van der Waals surface area contributed by atoms with E-state index in [1.54, 1.807) is 0 Å². The van der Waals surface area contributed by atoms with E-state index in [2.05, 4.69) is 121 Å². The van der Waals surface area contributed by atoms with Crippen LogP contribution in [0.1, 0.15) is 34.5 Å². The van der Waals surface area contributed by atoms with Gasteiger partial charge in [-0.15, -0.1) is 0 Å². The Bertz CT molecular complexity index is 957. The van der Waals surface area contributed by atoms with Gasteiger partial charge < -0.3 is 8.85 Å². The molecule has 0 spiro atoms. The van der Waals surface area contributed by atoms with Gasteiger partial charge in [-0.3, -0.25) is 0 Å². The quantitative estimate of drug-likeness (QED) is 0.201.